The first kappa shape index (κ1) is 10.8. The summed E-state index contributed by atoms with van der Waals surface area (Å²) >= 11 is 4.80. The van der Waals surface area contributed by atoms with Crippen molar-refractivity contribution in [2.24, 2.45) is 11.7 Å². The quantitative estimate of drug-likeness (QED) is 0.446. The molecule has 0 aliphatic carbocycles. The molecule has 66 valence electrons. The minimum absolute atomic E-state index is 0.266. The Morgan fingerprint density at radius 2 is 2.36 bits per heavy atom. The summed E-state index contributed by atoms with van der Waals surface area (Å²) in [6, 6.07) is 0. The van der Waals surface area contributed by atoms with E-state index >= 15 is 0 Å². The van der Waals surface area contributed by atoms with E-state index in [1.54, 1.807) is 7.11 Å². The number of methoxy groups -OCH3 is 1. The molecule has 0 saturated heterocycles. The molecule has 1 atom stereocenters. The first-order valence-corrected chi connectivity index (χ1v) is 4.08. The van der Waals surface area contributed by atoms with Gasteiger partial charge >= 0.3 is 0 Å². The standard InChI is InChI=1S/C7H16N2OS/c1-6(7(8)11)5-9-3-4-10-2/h6,9H,3-5H2,1-2H3,(H2,8,11). The molecule has 0 aliphatic rings. The highest BCUT2D eigenvalue weighted by atomic mass is 32.1. The maximum atomic E-state index is 5.41. The molecule has 4 heteroatoms. The highest BCUT2D eigenvalue weighted by Crippen LogP contribution is 1.90. The number of nitrogens with one attached hydrogen (secondary N) is 1. The average Bonchev–Trinajstić information content (AvgIpc) is 1.97. The fourth-order valence-corrected chi connectivity index (χ4v) is 0.677. The van der Waals surface area contributed by atoms with Crippen molar-refractivity contribution >= 4 is 17.2 Å². The lowest BCUT2D eigenvalue weighted by Gasteiger charge is -2.09. The van der Waals surface area contributed by atoms with Gasteiger partial charge in [-0.15, -0.1) is 0 Å². The average molecular weight is 176 g/mol. The van der Waals surface area contributed by atoms with Crippen LogP contribution >= 0.6 is 12.2 Å². The number of ether oxygens (including phenoxy) is 1. The molecule has 3 nitrogen and oxygen atoms in total. The van der Waals surface area contributed by atoms with Gasteiger partial charge in [-0.2, -0.15) is 0 Å². The number of nitrogens with two attached hydrogens (primary N) is 1. The van der Waals surface area contributed by atoms with E-state index in [1.165, 1.54) is 0 Å². The molecule has 0 aliphatic heterocycles. The van der Waals surface area contributed by atoms with E-state index in [0.29, 0.717) is 4.99 Å². The van der Waals surface area contributed by atoms with Gasteiger partial charge in [0, 0.05) is 26.1 Å². The minimum atomic E-state index is 0.266. The molecule has 0 saturated carbocycles. The summed E-state index contributed by atoms with van der Waals surface area (Å²) in [5.41, 5.74) is 5.41. The van der Waals surface area contributed by atoms with Crippen LogP contribution in [-0.4, -0.2) is 31.8 Å². The van der Waals surface area contributed by atoms with Gasteiger partial charge in [-0.3, -0.25) is 0 Å². The summed E-state index contributed by atoms with van der Waals surface area (Å²) in [4.78, 5) is 0.565. The first-order chi connectivity index (χ1) is 5.18. The van der Waals surface area contributed by atoms with Crippen molar-refractivity contribution in [2.75, 3.05) is 26.8 Å². The molecule has 0 aromatic heterocycles. The fraction of sp³-hybridized carbons (Fsp3) is 0.857. The molecule has 0 rings (SSSR count). The first-order valence-electron chi connectivity index (χ1n) is 3.67. The molecule has 0 aromatic rings. The summed E-state index contributed by atoms with van der Waals surface area (Å²) in [5.74, 6) is 0.266. The predicted molar refractivity (Wildman–Crippen MR) is 50.7 cm³/mol. The zero-order valence-electron chi connectivity index (χ0n) is 7.09. The lowest BCUT2D eigenvalue weighted by atomic mass is 10.2. The molecule has 11 heavy (non-hydrogen) atoms. The zero-order chi connectivity index (χ0) is 8.69. The van der Waals surface area contributed by atoms with Crippen molar-refractivity contribution in [3.63, 3.8) is 0 Å². The normalized spacial score (nSPS) is 12.9. The summed E-state index contributed by atoms with van der Waals surface area (Å²) in [6.45, 7) is 4.41. The van der Waals surface area contributed by atoms with Crippen LogP contribution < -0.4 is 11.1 Å². The van der Waals surface area contributed by atoms with Gasteiger partial charge in [-0.25, -0.2) is 0 Å². The Morgan fingerprint density at radius 1 is 1.73 bits per heavy atom. The van der Waals surface area contributed by atoms with Crippen LogP contribution in [0.5, 0.6) is 0 Å². The third-order valence-corrected chi connectivity index (χ3v) is 1.82. The van der Waals surface area contributed by atoms with Gasteiger partial charge < -0.3 is 15.8 Å². The predicted octanol–water partition coefficient (Wildman–Crippen LogP) is 0.145. The van der Waals surface area contributed by atoms with Crippen LogP contribution in [0.25, 0.3) is 0 Å². The highest BCUT2D eigenvalue weighted by molar-refractivity contribution is 7.80. The van der Waals surface area contributed by atoms with Gasteiger partial charge in [0.15, 0.2) is 0 Å². The topological polar surface area (TPSA) is 47.3 Å². The van der Waals surface area contributed by atoms with Gasteiger partial charge in [0.1, 0.15) is 0 Å². The second kappa shape index (κ2) is 6.52. The van der Waals surface area contributed by atoms with E-state index in [4.69, 9.17) is 22.7 Å². The number of thiocarbonyl (C=S) groups is 1. The zero-order valence-corrected chi connectivity index (χ0v) is 7.91. The van der Waals surface area contributed by atoms with E-state index in [2.05, 4.69) is 5.32 Å². The summed E-state index contributed by atoms with van der Waals surface area (Å²) in [5, 5.41) is 3.17. The molecule has 1 unspecified atom stereocenters. The molecular formula is C7H16N2OS. The van der Waals surface area contributed by atoms with E-state index in [1.807, 2.05) is 6.92 Å². The molecule has 0 aromatic carbocycles. The van der Waals surface area contributed by atoms with Gasteiger partial charge in [-0.05, 0) is 0 Å². The van der Waals surface area contributed by atoms with E-state index in [-0.39, 0.29) is 5.92 Å². The molecule has 0 heterocycles. The molecular weight excluding hydrogens is 160 g/mol. The molecule has 3 N–H and O–H groups in total. The van der Waals surface area contributed by atoms with Crippen molar-refractivity contribution in [3.8, 4) is 0 Å². The monoisotopic (exact) mass is 176 g/mol. The van der Waals surface area contributed by atoms with Crippen molar-refractivity contribution in [1.29, 1.82) is 0 Å². The number of hydrogen-bond donors (Lipinski definition) is 2. The SMILES string of the molecule is COCCNCC(C)C(N)=S. The maximum absolute atomic E-state index is 5.41. The third kappa shape index (κ3) is 6.22. The third-order valence-electron chi connectivity index (χ3n) is 1.42. The Hall–Kier alpha value is -0.190. The smallest absolute Gasteiger partial charge is 0.0768 e. The van der Waals surface area contributed by atoms with Crippen LogP contribution in [0.2, 0.25) is 0 Å². The fourth-order valence-electron chi connectivity index (χ4n) is 0.593. The van der Waals surface area contributed by atoms with Crippen LogP contribution in [-0.2, 0) is 4.74 Å². The lowest BCUT2D eigenvalue weighted by molar-refractivity contribution is 0.199. The molecule has 0 spiro atoms. The summed E-state index contributed by atoms with van der Waals surface area (Å²) in [7, 11) is 1.68. The van der Waals surface area contributed by atoms with Gasteiger partial charge in [0.25, 0.3) is 0 Å². The molecule has 0 fully saturated rings. The van der Waals surface area contributed by atoms with Crippen LogP contribution in [0.15, 0.2) is 0 Å². The number of rotatable bonds is 6. The Kier molecular flexibility index (Phi) is 6.40. The Balaban J connectivity index is 3.17. The number of hydrogen-bond acceptors (Lipinski definition) is 3. The second-order valence-corrected chi connectivity index (χ2v) is 2.97. The largest absolute Gasteiger partial charge is 0.393 e. The van der Waals surface area contributed by atoms with Crippen LogP contribution in [0.3, 0.4) is 0 Å². The Labute approximate surface area is 73.3 Å². The second-order valence-electron chi connectivity index (χ2n) is 2.50. The molecule has 0 bridgehead atoms. The van der Waals surface area contributed by atoms with Gasteiger partial charge in [0.2, 0.25) is 0 Å². The maximum Gasteiger partial charge on any atom is 0.0768 e. The Morgan fingerprint density at radius 3 is 2.82 bits per heavy atom. The lowest BCUT2D eigenvalue weighted by Crippen LogP contribution is -2.31. The summed E-state index contributed by atoms with van der Waals surface area (Å²) < 4.78 is 4.86. The van der Waals surface area contributed by atoms with E-state index in [0.717, 1.165) is 19.7 Å². The van der Waals surface area contributed by atoms with Crippen LogP contribution in [0, 0.1) is 5.92 Å². The van der Waals surface area contributed by atoms with Crippen molar-refractivity contribution < 1.29 is 4.74 Å². The van der Waals surface area contributed by atoms with Gasteiger partial charge in [-0.1, -0.05) is 19.1 Å². The van der Waals surface area contributed by atoms with Crippen molar-refractivity contribution in [2.45, 2.75) is 6.92 Å². The van der Waals surface area contributed by atoms with Crippen LogP contribution in [0.4, 0.5) is 0 Å². The highest BCUT2D eigenvalue weighted by Gasteiger charge is 2.02. The van der Waals surface area contributed by atoms with Crippen molar-refractivity contribution in [3.05, 3.63) is 0 Å². The van der Waals surface area contributed by atoms with E-state index < -0.39 is 0 Å². The minimum Gasteiger partial charge on any atom is -0.393 e. The summed E-state index contributed by atoms with van der Waals surface area (Å²) in [6.07, 6.45) is 0. The van der Waals surface area contributed by atoms with Crippen molar-refractivity contribution in [1.82, 2.24) is 5.32 Å². The van der Waals surface area contributed by atoms with E-state index in [9.17, 15) is 0 Å². The van der Waals surface area contributed by atoms with Gasteiger partial charge in [0.05, 0.1) is 11.6 Å². The molecule has 0 radical (unpaired) electrons. The Bertz CT molecular complexity index is 119. The molecule has 0 amide bonds. The van der Waals surface area contributed by atoms with Crippen LogP contribution in [0.1, 0.15) is 6.92 Å².